The van der Waals surface area contributed by atoms with Crippen LogP contribution in [0.5, 0.6) is 0 Å². The Hall–Kier alpha value is -3.90. The van der Waals surface area contributed by atoms with Crippen molar-refractivity contribution in [3.05, 3.63) is 70.4 Å². The molecule has 11 nitrogen and oxygen atoms in total. The summed E-state index contributed by atoms with van der Waals surface area (Å²) in [5.41, 5.74) is 2.30. The fourth-order valence-corrected chi connectivity index (χ4v) is 5.43. The summed E-state index contributed by atoms with van der Waals surface area (Å²) in [6.07, 6.45) is 3.86. The number of fused-ring (bicyclic) bond motifs is 3. The zero-order chi connectivity index (χ0) is 25.8. The van der Waals surface area contributed by atoms with E-state index in [0.717, 1.165) is 51.3 Å². The first kappa shape index (κ1) is 23.2. The lowest BCUT2D eigenvalue weighted by Gasteiger charge is -2.36. The van der Waals surface area contributed by atoms with Gasteiger partial charge in [0.05, 0.1) is 6.26 Å². The maximum atomic E-state index is 13.7. The number of anilines is 2. The van der Waals surface area contributed by atoms with Crippen LogP contribution in [0.1, 0.15) is 24.3 Å². The highest BCUT2D eigenvalue weighted by atomic mass is 19.1. The largest absolute Gasteiger partial charge is 0.463 e. The van der Waals surface area contributed by atoms with Crippen LogP contribution in [0.25, 0.3) is 5.78 Å². The molecule has 1 aliphatic carbocycles. The molecule has 0 amide bonds. The van der Waals surface area contributed by atoms with Crippen molar-refractivity contribution in [2.75, 3.05) is 49.3 Å². The molecule has 38 heavy (non-hydrogen) atoms. The van der Waals surface area contributed by atoms with Gasteiger partial charge in [-0.25, -0.2) is 24.2 Å². The first-order valence-electron chi connectivity index (χ1n) is 13.1. The number of imidazole rings is 1. The monoisotopic (exact) mass is 519 g/mol. The highest BCUT2D eigenvalue weighted by Crippen LogP contribution is 2.32. The van der Waals surface area contributed by atoms with E-state index >= 15 is 0 Å². The van der Waals surface area contributed by atoms with Crippen LogP contribution >= 0.6 is 0 Å². The van der Waals surface area contributed by atoms with Gasteiger partial charge in [0.25, 0.3) is 0 Å². The number of hydrogen-bond donors (Lipinski definition) is 1. The van der Waals surface area contributed by atoms with Gasteiger partial charge in [0.1, 0.15) is 23.9 Å². The van der Waals surface area contributed by atoms with Gasteiger partial charge < -0.3 is 9.32 Å². The van der Waals surface area contributed by atoms with E-state index < -0.39 is 0 Å². The van der Waals surface area contributed by atoms with Crippen molar-refractivity contribution in [1.82, 2.24) is 23.6 Å². The summed E-state index contributed by atoms with van der Waals surface area (Å²) in [4.78, 5) is 27.8. The summed E-state index contributed by atoms with van der Waals surface area (Å²) in [5.74, 6) is 8.34. The molecule has 12 heteroatoms. The van der Waals surface area contributed by atoms with Crippen LogP contribution in [0.4, 0.5) is 15.9 Å². The molecule has 1 saturated heterocycles. The number of aromatic nitrogens is 4. The molecule has 3 aromatic heterocycles. The molecule has 2 N–H and O–H groups in total. The minimum atomic E-state index is -0.223. The number of aliphatic imine (C=N–C) groups is 1. The Labute approximate surface area is 218 Å². The van der Waals surface area contributed by atoms with Gasteiger partial charge in [-0.1, -0.05) is 0 Å². The van der Waals surface area contributed by atoms with Crippen molar-refractivity contribution in [3.63, 3.8) is 0 Å². The average molecular weight is 520 g/mol. The topological polar surface area (TPSA) is 105 Å². The first-order valence-corrected chi connectivity index (χ1v) is 13.1. The van der Waals surface area contributed by atoms with Crippen LogP contribution in [-0.2, 0) is 13.1 Å². The molecule has 2 aliphatic heterocycles. The Kier molecular flexibility index (Phi) is 5.59. The first-order chi connectivity index (χ1) is 18.6. The number of rotatable bonds is 7. The van der Waals surface area contributed by atoms with Crippen molar-refractivity contribution in [1.29, 1.82) is 0 Å². The molecule has 0 spiro atoms. The van der Waals surface area contributed by atoms with E-state index in [1.807, 2.05) is 28.8 Å². The lowest BCUT2D eigenvalue weighted by atomic mass is 10.2. The molecule has 1 aromatic carbocycles. The molecule has 0 bridgehead atoms. The molecule has 4 aromatic rings. The molecule has 0 unspecified atom stereocenters. The Balaban J connectivity index is 1.17. The smallest absolute Gasteiger partial charge is 0.346 e. The SMILES string of the molecule is NN1CN=C(c2ccco2)c2c1nc1n(CCN3CCN(c4ccc(F)cc4)CC3)c(=O)n(CC3CC3)n21. The second-order valence-electron chi connectivity index (χ2n) is 10.3. The second kappa shape index (κ2) is 9.14. The van der Waals surface area contributed by atoms with E-state index in [4.69, 9.17) is 15.2 Å². The molecule has 5 heterocycles. The predicted octanol–water partition coefficient (Wildman–Crippen LogP) is 1.75. The van der Waals surface area contributed by atoms with E-state index in [-0.39, 0.29) is 18.2 Å². The maximum Gasteiger partial charge on any atom is 0.346 e. The molecule has 7 rings (SSSR count). The summed E-state index contributed by atoms with van der Waals surface area (Å²) in [6.45, 7) is 5.56. The van der Waals surface area contributed by atoms with Gasteiger partial charge in [-0.3, -0.25) is 19.5 Å². The van der Waals surface area contributed by atoms with Crippen LogP contribution in [0.2, 0.25) is 0 Å². The molecule has 0 atom stereocenters. The van der Waals surface area contributed by atoms with E-state index in [0.29, 0.717) is 47.8 Å². The Morgan fingerprint density at radius 1 is 1.05 bits per heavy atom. The second-order valence-corrected chi connectivity index (χ2v) is 10.3. The third kappa shape index (κ3) is 4.00. The third-order valence-corrected chi connectivity index (χ3v) is 7.72. The van der Waals surface area contributed by atoms with E-state index in [9.17, 15) is 9.18 Å². The van der Waals surface area contributed by atoms with Gasteiger partial charge in [-0.2, -0.15) is 4.98 Å². The van der Waals surface area contributed by atoms with Crippen molar-refractivity contribution >= 4 is 23.0 Å². The number of nitrogens with two attached hydrogens (primary N) is 1. The molecule has 198 valence electrons. The fourth-order valence-electron chi connectivity index (χ4n) is 5.43. The molecule has 2 fully saturated rings. The van der Waals surface area contributed by atoms with Crippen LogP contribution in [0, 0.1) is 11.7 Å². The van der Waals surface area contributed by atoms with Crippen LogP contribution in [0.15, 0.2) is 56.9 Å². The normalized spacial score (nSPS) is 18.3. The average Bonchev–Trinajstić information content (AvgIpc) is 3.31. The highest BCUT2D eigenvalue weighted by Gasteiger charge is 2.33. The quantitative estimate of drug-likeness (QED) is 0.371. The molecular formula is C26H30FN9O2. The fraction of sp³-hybridized carbons (Fsp3) is 0.423. The Morgan fingerprint density at radius 3 is 2.55 bits per heavy atom. The van der Waals surface area contributed by atoms with Gasteiger partial charge in [-0.15, -0.1) is 0 Å². The van der Waals surface area contributed by atoms with Crippen LogP contribution in [0.3, 0.4) is 0 Å². The molecule has 3 aliphatic rings. The zero-order valence-electron chi connectivity index (χ0n) is 21.0. The summed E-state index contributed by atoms with van der Waals surface area (Å²) >= 11 is 0. The minimum Gasteiger partial charge on any atom is -0.463 e. The Bertz CT molecular complexity index is 1540. The van der Waals surface area contributed by atoms with E-state index in [2.05, 4.69) is 14.8 Å². The third-order valence-electron chi connectivity index (χ3n) is 7.72. The van der Waals surface area contributed by atoms with Gasteiger partial charge >= 0.3 is 5.69 Å². The summed E-state index contributed by atoms with van der Waals surface area (Å²) < 4.78 is 24.4. The number of halogens is 1. The van der Waals surface area contributed by atoms with Crippen LogP contribution in [-0.4, -0.2) is 68.8 Å². The predicted molar refractivity (Wildman–Crippen MR) is 141 cm³/mol. The number of benzene rings is 1. The number of nitrogens with zero attached hydrogens (tertiary/aromatic N) is 8. The number of furan rings is 1. The van der Waals surface area contributed by atoms with Gasteiger partial charge in [-0.05, 0) is 55.2 Å². The molecule has 1 saturated carbocycles. The molecular weight excluding hydrogens is 489 g/mol. The van der Waals surface area contributed by atoms with Crippen molar-refractivity contribution in [2.45, 2.75) is 25.9 Å². The van der Waals surface area contributed by atoms with Crippen molar-refractivity contribution in [2.24, 2.45) is 16.8 Å². The molecule has 0 radical (unpaired) electrons. The van der Waals surface area contributed by atoms with Gasteiger partial charge in [0.2, 0.25) is 5.78 Å². The van der Waals surface area contributed by atoms with Crippen LogP contribution < -0.4 is 21.4 Å². The van der Waals surface area contributed by atoms with Gasteiger partial charge in [0, 0.05) is 51.5 Å². The van der Waals surface area contributed by atoms with Crippen molar-refractivity contribution in [3.8, 4) is 0 Å². The minimum absolute atomic E-state index is 0.0694. The summed E-state index contributed by atoms with van der Waals surface area (Å²) in [7, 11) is 0. The summed E-state index contributed by atoms with van der Waals surface area (Å²) in [6, 6.07) is 10.3. The number of hydrazine groups is 1. The van der Waals surface area contributed by atoms with Gasteiger partial charge in [0.15, 0.2) is 11.6 Å². The summed E-state index contributed by atoms with van der Waals surface area (Å²) in [5, 5.41) is 1.51. The van der Waals surface area contributed by atoms with Crippen molar-refractivity contribution < 1.29 is 8.81 Å². The van der Waals surface area contributed by atoms with E-state index in [1.54, 1.807) is 15.5 Å². The number of piperazine rings is 1. The Morgan fingerprint density at radius 2 is 1.84 bits per heavy atom. The lowest BCUT2D eigenvalue weighted by Crippen LogP contribution is -2.47. The maximum absolute atomic E-state index is 13.7. The standard InChI is InChI=1S/C26H30FN9O2/c27-19-5-7-20(8-6-19)32-12-9-31(10-13-32)11-14-33-25-30-24-23(36(25)35(26(33)37)16-18-3-4-18)22(29-17-34(24)28)21-2-1-15-38-21/h1-2,5-8,15,18H,3-4,9-14,16-17,28H2. The zero-order valence-corrected chi connectivity index (χ0v) is 21.0. The van der Waals surface area contributed by atoms with E-state index in [1.165, 1.54) is 17.1 Å². The number of hydrogen-bond acceptors (Lipinski definition) is 8. The lowest BCUT2D eigenvalue weighted by molar-refractivity contribution is 0.247. The highest BCUT2D eigenvalue weighted by molar-refractivity contribution is 6.14.